The molecule has 0 amide bonds. The summed E-state index contributed by atoms with van der Waals surface area (Å²) in [5.41, 5.74) is 33.7. The Kier molecular flexibility index (Phi) is 16.8. The molecule has 0 saturated heterocycles. The molecule has 3 atom stereocenters. The molecular weight excluding hydrogens is 1810 g/mol. The average molecular weight is 1920 g/mol. The number of fused-ring (bicyclic) bond motifs is 31. The maximum absolute atomic E-state index is 8.33. The number of pyridine rings is 8. The molecule has 0 fully saturated rings. The van der Waals surface area contributed by atoms with Crippen LogP contribution in [-0.4, -0.2) is 9.97 Å². The maximum atomic E-state index is 8.33. The van der Waals surface area contributed by atoms with Crippen LogP contribution in [0.5, 0.6) is 0 Å². The Morgan fingerprint density at radius 1 is 0.291 bits per heavy atom. The normalized spacial score (nSPS) is 17.0. The predicted molar refractivity (Wildman–Crippen MR) is 532 cm³/mol. The molecular formula is C125H94IrN8+4. The number of aryl methyl sites for hydroxylation is 5. The Hall–Kier alpha value is -16.0. The fraction of sp³-hybridized carbons (Fsp3) is 0.0720. The Bertz CT molecular complexity index is 9220. The first-order valence-electron chi connectivity index (χ1n) is 53.4. The van der Waals surface area contributed by atoms with Crippen LogP contribution in [0.25, 0.3) is 145 Å². The summed E-state index contributed by atoms with van der Waals surface area (Å²) in [5, 5.41) is 2.54. The summed E-state index contributed by atoms with van der Waals surface area (Å²) in [7, 11) is 0. The molecule has 0 bridgehead atoms. The minimum atomic E-state index is -0.636. The maximum Gasteiger partial charge on any atom is 0.417 e. The summed E-state index contributed by atoms with van der Waals surface area (Å²) in [5.74, 6) is 0. The number of nitrogens with zero attached hydrogens (tertiary/aromatic N) is 8. The Morgan fingerprint density at radius 2 is 0.784 bits per heavy atom. The first-order valence-corrected chi connectivity index (χ1v) is 44.4. The van der Waals surface area contributed by atoms with Crippen LogP contribution in [0, 0.1) is 53.7 Å². The third kappa shape index (κ3) is 13.7. The van der Waals surface area contributed by atoms with Gasteiger partial charge in [-0.05, 0) is 197 Å². The quantitative estimate of drug-likeness (QED) is 0.123. The van der Waals surface area contributed by atoms with Gasteiger partial charge in [0.1, 0.15) is 33.4 Å². The van der Waals surface area contributed by atoms with Crippen LogP contribution < -0.4 is 27.4 Å². The third-order valence-electron chi connectivity index (χ3n) is 26.2. The monoisotopic (exact) mass is 1920 g/mol. The summed E-state index contributed by atoms with van der Waals surface area (Å²) in [4.78, 5) is 7.70. The van der Waals surface area contributed by atoms with Crippen molar-refractivity contribution >= 4 is 10.8 Å². The second-order valence-corrected chi connectivity index (χ2v) is 34.0. The van der Waals surface area contributed by atoms with Crippen LogP contribution in [-0.2, 0) is 37.1 Å². The van der Waals surface area contributed by atoms with Crippen LogP contribution in [0.2, 0.25) is 0 Å². The van der Waals surface area contributed by atoms with Gasteiger partial charge in [0.15, 0.2) is 36.7 Å². The van der Waals surface area contributed by atoms with E-state index in [9.17, 15) is 0 Å². The van der Waals surface area contributed by atoms with E-state index < -0.39 is 94.8 Å². The summed E-state index contributed by atoms with van der Waals surface area (Å²) in [6, 6.07) is 115. The van der Waals surface area contributed by atoms with E-state index in [0.29, 0.717) is 5.56 Å². The molecule has 0 aliphatic carbocycles. The van der Waals surface area contributed by atoms with E-state index >= 15 is 0 Å². The Balaban J connectivity index is 0.000000108. The molecule has 13 aromatic carbocycles. The molecule has 27 rings (SSSR count). The van der Waals surface area contributed by atoms with Crippen molar-refractivity contribution in [3.63, 3.8) is 0 Å². The van der Waals surface area contributed by atoms with Gasteiger partial charge in [-0.15, -0.1) is 98.0 Å². The third-order valence-corrected chi connectivity index (χ3v) is 26.2. The van der Waals surface area contributed by atoms with Crippen molar-refractivity contribution in [2.75, 3.05) is 0 Å². The van der Waals surface area contributed by atoms with Crippen molar-refractivity contribution in [3.8, 4) is 135 Å². The SMILES string of the molecule is Cc1cc2[n+](cc1-c1ccc3ccccc3c1)C1(c3ccccc3-2)c2ccccc2-c2cccc(C)[n+]21.Cc1ccc2[n+](c1)C1(c3ccccc3-2)c2ccccc2-c2cc(C)c(-c3ccccc3)c[n+]21.[2H]c1[c-]c(-c2nc([2H])c(-c3c([2H])c([2H])c([2H])c([2H])c3[2H])c([2H])c2[2H])c([2H])c(C)c1[2H].[2H]c1nc(-c2[c-]c(C)c([2H])c([2H])c2[2H])c([2H])c([2H])c1[2H].[Ir].c1ccc(-c2ccc3[n+](c2)C2(c4ccccc4-c4cccc[n+]42)c2ccccc2-3)cc1. The topological polar surface area (TPSA) is 49.1 Å². The van der Waals surface area contributed by atoms with Gasteiger partial charge in [0.2, 0.25) is 34.2 Å². The van der Waals surface area contributed by atoms with Gasteiger partial charge in [0.05, 0.1) is 49.8 Å². The van der Waals surface area contributed by atoms with Gasteiger partial charge in [-0.25, -0.2) is 0 Å². The minimum absolute atomic E-state index is 0. The molecule has 1 radical (unpaired) electrons. The van der Waals surface area contributed by atoms with Crippen LogP contribution in [0.4, 0.5) is 0 Å². The minimum Gasteiger partial charge on any atom is -0.305 e. The number of hydrogen-bond donors (Lipinski definition) is 0. The van der Waals surface area contributed by atoms with Crippen LogP contribution in [0.15, 0.2) is 462 Å². The molecule has 0 saturated carbocycles. The van der Waals surface area contributed by atoms with E-state index in [2.05, 4.69) is 430 Å². The summed E-state index contributed by atoms with van der Waals surface area (Å²) >= 11 is 0. The fourth-order valence-corrected chi connectivity index (χ4v) is 20.7. The van der Waals surface area contributed by atoms with Crippen molar-refractivity contribution in [2.45, 2.75) is 58.5 Å². The largest absolute Gasteiger partial charge is 0.417 e. The molecule has 3 unspecified atom stereocenters. The molecule has 9 heteroatoms. The molecule has 14 heterocycles. The smallest absolute Gasteiger partial charge is 0.305 e. The van der Waals surface area contributed by atoms with Crippen molar-refractivity contribution in [1.29, 1.82) is 0 Å². The zero-order valence-corrected chi connectivity index (χ0v) is 76.3. The summed E-state index contributed by atoms with van der Waals surface area (Å²) in [6.07, 6.45) is 10.6. The van der Waals surface area contributed by atoms with Gasteiger partial charge < -0.3 is 9.97 Å². The van der Waals surface area contributed by atoms with Gasteiger partial charge in [-0.2, -0.15) is 0 Å². The van der Waals surface area contributed by atoms with Crippen LogP contribution in [0.1, 0.15) is 91.6 Å². The molecule has 3 spiro atoms. The molecule has 6 aliphatic rings. The van der Waals surface area contributed by atoms with Crippen LogP contribution >= 0.6 is 0 Å². The molecule has 8 nitrogen and oxygen atoms in total. The van der Waals surface area contributed by atoms with Crippen molar-refractivity contribution in [2.24, 2.45) is 0 Å². The summed E-state index contributed by atoms with van der Waals surface area (Å²) in [6.45, 7) is 11.9. The average Bonchev–Trinajstić information content (AvgIpc) is 1.51. The molecule has 8 aromatic heterocycles. The molecule has 6 aliphatic heterocycles. The van der Waals surface area contributed by atoms with Crippen molar-refractivity contribution in [1.82, 2.24) is 9.97 Å². The van der Waals surface area contributed by atoms with Gasteiger partial charge in [-0.1, -0.05) is 238 Å². The Labute approximate surface area is 821 Å². The first kappa shape index (κ1) is 65.5. The number of rotatable bonds is 6. The predicted octanol–water partition coefficient (Wildman–Crippen LogP) is 25.3. The van der Waals surface area contributed by atoms with E-state index in [0.717, 1.165) is 0 Å². The van der Waals surface area contributed by atoms with Crippen molar-refractivity contribution < 1.29 is 72.2 Å². The van der Waals surface area contributed by atoms with Gasteiger partial charge in [-0.3, -0.25) is 0 Å². The number of benzene rings is 13. The first-order chi connectivity index (χ1) is 72.9. The van der Waals surface area contributed by atoms with E-state index in [1.165, 1.54) is 174 Å². The summed E-state index contributed by atoms with van der Waals surface area (Å²) < 4.78 is 156. The molecule has 21 aromatic rings. The second-order valence-electron chi connectivity index (χ2n) is 34.0. The molecule has 0 N–H and O–H groups in total. The van der Waals surface area contributed by atoms with Crippen molar-refractivity contribution in [3.05, 3.63) is 541 Å². The number of hydrogen-bond acceptors (Lipinski definition) is 2. The van der Waals surface area contributed by atoms with E-state index in [-0.39, 0.29) is 90.5 Å². The molecule has 639 valence electrons. The standard InChI is InChI=1S/C35H26N2.C31H24N2.C29H20N2.C18H14N.C12H10N.Ir/c1-23-20-34-29-14-6-8-16-32(29)35(31-15-7-5-13-28(31)33-17-9-10-24(2)37(33)35)36(34)22-30(23)27-19-18-25-11-3-4-12-26(25)21-27;1-21-16-17-29-24-12-6-8-14-27(24)31(32(29)19-21)28-15-9-7-13-25(28)30-18-22(2)26(20-33(30)31)23-10-4-3-5-11-23;1-2-10-21(11-3-1)22-17-18-28-24-13-5-7-15-26(24)29(31(28)20-22)25-14-6-4-12-23(25)27-16-8-9-19-30(27)29;1-14-6-5-9-16(12-14)18-11-10-17(13-19-18)15-7-3-2-4-8-15;1-10-5-4-6-11(9-10)12-7-2-3-8-13-12;/h3-22H,1-2H3;3-20H,1-2H3;1-20H;2-8,10-13H,1H3;2-8H,1H3;/q3*+2;2*-1;/i;;;2D,3D,4D,5D,6D,7D,8D,10D,11D,12D,13D;2D,3D,4D,5D,6D,7D,8D;. The van der Waals surface area contributed by atoms with E-state index in [4.69, 9.17) is 24.7 Å². The van der Waals surface area contributed by atoms with Crippen LogP contribution in [0.3, 0.4) is 0 Å². The Morgan fingerprint density at radius 3 is 1.43 bits per heavy atom. The van der Waals surface area contributed by atoms with E-state index in [1.807, 2.05) is 0 Å². The van der Waals surface area contributed by atoms with Gasteiger partial charge >= 0.3 is 17.0 Å². The van der Waals surface area contributed by atoms with Gasteiger partial charge in [0.25, 0.3) is 0 Å². The molecule has 134 heavy (non-hydrogen) atoms. The zero-order valence-electron chi connectivity index (χ0n) is 91.9. The fourth-order valence-electron chi connectivity index (χ4n) is 20.7. The van der Waals surface area contributed by atoms with Gasteiger partial charge in [0, 0.05) is 113 Å². The number of aromatic nitrogens is 8. The second kappa shape index (κ2) is 34.4. The zero-order chi connectivity index (χ0) is 105. The van der Waals surface area contributed by atoms with E-state index in [1.54, 1.807) is 6.92 Å².